The fraction of sp³-hybridized carbons (Fsp3) is 0.460. The monoisotopic (exact) mass is 838 g/mol. The predicted octanol–water partition coefficient (Wildman–Crippen LogP) is 6.07. The molecule has 6 aliphatic heterocycles. The molecule has 0 radical (unpaired) electrons. The minimum Gasteiger partial charge on any atom is -0.491 e. The number of aliphatic hydroxyl groups excluding tert-OH is 1. The first-order valence-corrected chi connectivity index (χ1v) is 22.8. The Morgan fingerprint density at radius 2 is 1.47 bits per heavy atom. The number of morpholine rings is 1. The van der Waals surface area contributed by atoms with Crippen LogP contribution in [-0.4, -0.2) is 118 Å². The van der Waals surface area contributed by atoms with Gasteiger partial charge in [-0.05, 0) is 41.7 Å². The summed E-state index contributed by atoms with van der Waals surface area (Å²) < 4.78 is 12.9. The molecule has 324 valence electrons. The van der Waals surface area contributed by atoms with Crippen LogP contribution in [0.15, 0.2) is 109 Å². The highest BCUT2D eigenvalue weighted by Gasteiger charge is 2.74. The number of carbonyl (C=O) groups excluding carboxylic acids is 3. The summed E-state index contributed by atoms with van der Waals surface area (Å²) in [4.78, 5) is 58.5. The third-order valence-corrected chi connectivity index (χ3v) is 14.5. The van der Waals surface area contributed by atoms with Crippen LogP contribution in [0.1, 0.15) is 85.9 Å². The van der Waals surface area contributed by atoms with E-state index in [1.54, 1.807) is 0 Å². The normalized spacial score (nSPS) is 31.5. The molecule has 2 N–H and O–H groups in total. The number of para-hydroxylation sites is 2. The largest absolute Gasteiger partial charge is 0.491 e. The van der Waals surface area contributed by atoms with Crippen LogP contribution >= 0.6 is 0 Å². The summed E-state index contributed by atoms with van der Waals surface area (Å²) in [5.41, 5.74) is 2.07. The highest BCUT2D eigenvalue weighted by Crippen LogP contribution is 2.65. The lowest BCUT2D eigenvalue weighted by molar-refractivity contribution is -0.267. The summed E-state index contributed by atoms with van der Waals surface area (Å²) >= 11 is 0. The Morgan fingerprint density at radius 1 is 0.790 bits per heavy atom. The third-order valence-electron chi connectivity index (χ3n) is 14.5. The van der Waals surface area contributed by atoms with Crippen molar-refractivity contribution < 1.29 is 29.0 Å². The van der Waals surface area contributed by atoms with Gasteiger partial charge < -0.3 is 24.8 Å². The molecule has 6 aliphatic rings. The number of hydrogen-bond acceptors (Lipinski definition) is 10. The van der Waals surface area contributed by atoms with Crippen molar-refractivity contribution in [1.82, 2.24) is 24.5 Å². The first-order chi connectivity index (χ1) is 30.5. The van der Waals surface area contributed by atoms with Crippen LogP contribution in [0.5, 0.6) is 5.75 Å². The van der Waals surface area contributed by atoms with Crippen LogP contribution in [0.2, 0.25) is 0 Å². The van der Waals surface area contributed by atoms with Gasteiger partial charge in [0.25, 0.3) is 0 Å². The quantitative estimate of drug-likeness (QED) is 0.121. The molecule has 0 saturated carbocycles. The lowest BCUT2D eigenvalue weighted by Crippen LogP contribution is -2.80. The van der Waals surface area contributed by atoms with Crippen molar-refractivity contribution in [2.75, 3.05) is 57.8 Å². The number of piperazine rings is 1. The maximum Gasteiger partial charge on any atom is 0.324 e. The summed E-state index contributed by atoms with van der Waals surface area (Å²) in [5.74, 6) is -1.77. The van der Waals surface area contributed by atoms with E-state index in [2.05, 4.69) is 31.8 Å². The van der Waals surface area contributed by atoms with Crippen LogP contribution in [0, 0.1) is 5.92 Å². The lowest BCUT2D eigenvalue weighted by atomic mass is 9.65. The molecule has 62 heavy (non-hydrogen) atoms. The molecule has 0 aromatic heterocycles. The fourth-order valence-corrected chi connectivity index (χ4v) is 12.0. The average Bonchev–Trinajstić information content (AvgIpc) is 3.80. The number of cyclic esters (lactones) is 1. The Bertz CT molecular complexity index is 2240. The second-order valence-corrected chi connectivity index (χ2v) is 17.7. The number of esters is 1. The highest BCUT2D eigenvalue weighted by atomic mass is 16.6. The molecule has 12 nitrogen and oxygen atoms in total. The molecule has 2 bridgehead atoms. The van der Waals surface area contributed by atoms with Crippen molar-refractivity contribution in [1.29, 1.82) is 0 Å². The number of fused-ring (bicyclic) bond motifs is 5. The molecule has 4 aromatic rings. The van der Waals surface area contributed by atoms with E-state index < -0.39 is 41.5 Å². The predicted molar refractivity (Wildman–Crippen MR) is 235 cm³/mol. The number of nitrogens with one attached hydrogen (secondary N) is 1. The molecule has 4 aromatic carbocycles. The maximum atomic E-state index is 15.9. The van der Waals surface area contributed by atoms with E-state index >= 15 is 14.4 Å². The first-order valence-electron chi connectivity index (χ1n) is 22.8. The second kappa shape index (κ2) is 17.2. The van der Waals surface area contributed by atoms with Gasteiger partial charge in [-0.25, -0.2) is 0 Å². The molecule has 2 unspecified atom stereocenters. The molecule has 6 heterocycles. The molecular formula is C50H58N6O6. The van der Waals surface area contributed by atoms with Gasteiger partial charge in [-0.3, -0.25) is 34.0 Å². The number of unbranched alkanes of at least 4 members (excludes halogenated alkanes) is 3. The summed E-state index contributed by atoms with van der Waals surface area (Å²) in [6.45, 7) is 6.60. The van der Waals surface area contributed by atoms with Crippen LogP contribution < -0.4 is 10.1 Å². The third kappa shape index (κ3) is 6.64. The second-order valence-electron chi connectivity index (χ2n) is 17.7. The van der Waals surface area contributed by atoms with Crippen molar-refractivity contribution in [2.45, 2.75) is 87.5 Å². The summed E-state index contributed by atoms with van der Waals surface area (Å²) in [6, 6.07) is 32.2. The van der Waals surface area contributed by atoms with E-state index in [1.807, 2.05) is 114 Å². The number of hydrogen-bond donors (Lipinski definition) is 2. The smallest absolute Gasteiger partial charge is 0.324 e. The van der Waals surface area contributed by atoms with Crippen LogP contribution in [-0.2, 0) is 24.5 Å². The summed E-state index contributed by atoms with van der Waals surface area (Å²) in [5, 5.41) is 13.2. The minimum atomic E-state index is -1.57. The van der Waals surface area contributed by atoms with E-state index in [1.165, 1.54) is 38.5 Å². The van der Waals surface area contributed by atoms with Crippen molar-refractivity contribution in [2.24, 2.45) is 5.92 Å². The molecule has 5 fully saturated rings. The Hall–Kier alpha value is -5.11. The maximum absolute atomic E-state index is 15.9. The Morgan fingerprint density at radius 3 is 2.19 bits per heavy atom. The average molecular weight is 839 g/mol. The zero-order valence-electron chi connectivity index (χ0n) is 35.6. The van der Waals surface area contributed by atoms with Gasteiger partial charge in [0.2, 0.25) is 11.8 Å². The molecule has 1 spiro atoms. The molecule has 2 amide bonds. The van der Waals surface area contributed by atoms with E-state index in [0.29, 0.717) is 54.9 Å². The van der Waals surface area contributed by atoms with E-state index in [-0.39, 0.29) is 31.3 Å². The van der Waals surface area contributed by atoms with Gasteiger partial charge in [0.1, 0.15) is 36.2 Å². The van der Waals surface area contributed by atoms with Gasteiger partial charge >= 0.3 is 5.97 Å². The number of nitrogens with zero attached hydrogens (tertiary/aromatic N) is 5. The Balaban J connectivity index is 1.07. The van der Waals surface area contributed by atoms with Gasteiger partial charge in [0, 0.05) is 50.5 Å². The SMILES string of the molecule is CCCCCCC1N2CCCN1C2N1CCN(C(=O)[C@@H]2[C@H]3C(=O)O[C@H](c4ccccc4)[C@H](c4ccccc4)N3[C@H](c3ccccc3OCCO)[C@@]23C(=O)Nc2ccccc23)CC1. The van der Waals surface area contributed by atoms with Gasteiger partial charge in [0.05, 0.1) is 30.8 Å². The lowest BCUT2D eigenvalue weighted by Gasteiger charge is -2.65. The van der Waals surface area contributed by atoms with Gasteiger partial charge in [0.15, 0.2) is 0 Å². The van der Waals surface area contributed by atoms with Gasteiger partial charge in [-0.15, -0.1) is 0 Å². The highest BCUT2D eigenvalue weighted by molar-refractivity contribution is 6.12. The van der Waals surface area contributed by atoms with Crippen molar-refractivity contribution in [3.8, 4) is 5.75 Å². The fourth-order valence-electron chi connectivity index (χ4n) is 12.0. The van der Waals surface area contributed by atoms with Crippen molar-refractivity contribution >= 4 is 23.5 Å². The van der Waals surface area contributed by atoms with Crippen LogP contribution in [0.25, 0.3) is 0 Å². The van der Waals surface area contributed by atoms with Crippen LogP contribution in [0.4, 0.5) is 5.69 Å². The molecular weight excluding hydrogens is 781 g/mol. The zero-order chi connectivity index (χ0) is 42.4. The zero-order valence-corrected chi connectivity index (χ0v) is 35.6. The van der Waals surface area contributed by atoms with Crippen molar-refractivity contribution in [3.63, 3.8) is 0 Å². The Kier molecular flexibility index (Phi) is 11.4. The van der Waals surface area contributed by atoms with Crippen LogP contribution in [0.3, 0.4) is 0 Å². The number of rotatable bonds is 13. The van der Waals surface area contributed by atoms with E-state index in [4.69, 9.17) is 9.47 Å². The number of carbonyl (C=O) groups is 3. The number of benzene rings is 4. The number of ether oxygens (including phenoxy) is 2. The molecule has 12 heteroatoms. The van der Waals surface area contributed by atoms with Gasteiger partial charge in [-0.2, -0.15) is 0 Å². The first kappa shape index (κ1) is 40.9. The molecule has 8 atom stereocenters. The van der Waals surface area contributed by atoms with Gasteiger partial charge in [-0.1, -0.05) is 130 Å². The number of anilines is 1. The molecule has 10 rings (SSSR count). The molecule has 0 aliphatic carbocycles. The van der Waals surface area contributed by atoms with E-state index in [0.717, 1.165) is 24.2 Å². The Labute approximate surface area is 364 Å². The summed E-state index contributed by atoms with van der Waals surface area (Å²) in [6.07, 6.45) is 7.38. The van der Waals surface area contributed by atoms with E-state index in [9.17, 15) is 5.11 Å². The van der Waals surface area contributed by atoms with Crippen molar-refractivity contribution in [3.05, 3.63) is 131 Å². The topological polar surface area (TPSA) is 118 Å². The summed E-state index contributed by atoms with van der Waals surface area (Å²) in [7, 11) is 0. The minimum absolute atomic E-state index is 0.0296. The number of amides is 2. The molecule has 5 saturated heterocycles. The number of aliphatic hydroxyl groups is 1. The standard InChI is InChI=1S/C50H58N6O6/c1-2-3-4-11-25-40-54-26-16-27-55(40)49(54)53-30-28-52(29-31-53)46(58)41-43-47(59)62-44(35-19-9-6-10-20-35)42(34-17-7-5-8-18-34)56(43)45(36-21-12-15-24-39(36)61-33-32-57)50(41)37-22-13-14-23-38(37)51-48(50)60/h5-10,12-15,17-24,40-45,49,57H,2-4,11,16,25-33H2,1H3,(H,51,60)/t40?,41-,42-,43-,44+,45+,49?,50-/m0/s1.